The lowest BCUT2D eigenvalue weighted by atomic mass is 9.95. The van der Waals surface area contributed by atoms with Gasteiger partial charge in [0, 0.05) is 47.7 Å². The minimum atomic E-state index is -0.553. The Morgan fingerprint density at radius 1 is 0.884 bits per heavy atom. The van der Waals surface area contributed by atoms with E-state index in [9.17, 15) is 19.7 Å². The van der Waals surface area contributed by atoms with Crippen molar-refractivity contribution in [2.24, 2.45) is 5.92 Å². The minimum Gasteiger partial charge on any atom is -0.341 e. The molecule has 0 unspecified atom stereocenters. The van der Waals surface area contributed by atoms with Gasteiger partial charge in [0.15, 0.2) is 5.78 Å². The average molecular weight is 572 g/mol. The van der Waals surface area contributed by atoms with Gasteiger partial charge in [0.05, 0.1) is 27.4 Å². The van der Waals surface area contributed by atoms with Crippen molar-refractivity contribution >= 4 is 39.9 Å². The number of aryl methyl sites for hydroxylation is 1. The van der Waals surface area contributed by atoms with Crippen molar-refractivity contribution in [1.82, 2.24) is 9.97 Å². The Hall–Kier alpha value is -5.44. The summed E-state index contributed by atoms with van der Waals surface area (Å²) in [7, 11) is 0. The molecule has 6 rings (SSSR count). The number of amides is 1. The van der Waals surface area contributed by atoms with Gasteiger partial charge in [-0.15, -0.1) is 0 Å². The van der Waals surface area contributed by atoms with Gasteiger partial charge in [0.1, 0.15) is 0 Å². The summed E-state index contributed by atoms with van der Waals surface area (Å²) < 4.78 is 0. The zero-order valence-corrected chi connectivity index (χ0v) is 23.6. The van der Waals surface area contributed by atoms with Crippen LogP contribution >= 0.6 is 0 Å². The number of anilines is 2. The van der Waals surface area contributed by atoms with Gasteiger partial charge >= 0.3 is 0 Å². The third-order valence-electron chi connectivity index (χ3n) is 7.79. The van der Waals surface area contributed by atoms with E-state index in [4.69, 9.17) is 9.97 Å². The summed E-state index contributed by atoms with van der Waals surface area (Å²) in [5, 5.41) is 15.3. The number of nitrogens with one attached hydrogen (secondary N) is 1. The summed E-state index contributed by atoms with van der Waals surface area (Å²) in [6.45, 7) is 3.22. The van der Waals surface area contributed by atoms with E-state index in [1.165, 1.54) is 18.2 Å². The summed E-state index contributed by atoms with van der Waals surface area (Å²) in [5.74, 6) is -0.300. The van der Waals surface area contributed by atoms with Crippen LogP contribution in [0.25, 0.3) is 22.2 Å². The molecule has 0 atom stereocenters. The summed E-state index contributed by atoms with van der Waals surface area (Å²) in [4.78, 5) is 49.4. The fourth-order valence-electron chi connectivity index (χ4n) is 5.45. The van der Waals surface area contributed by atoms with Gasteiger partial charge < -0.3 is 10.2 Å². The number of nitro benzene ring substituents is 1. The van der Waals surface area contributed by atoms with Gasteiger partial charge in [0.2, 0.25) is 11.9 Å². The lowest BCUT2D eigenvalue weighted by molar-refractivity contribution is -0.384. The molecule has 5 aromatic rings. The second-order valence-corrected chi connectivity index (χ2v) is 10.7. The molecule has 0 bridgehead atoms. The minimum absolute atomic E-state index is 0.0828. The Morgan fingerprint density at radius 2 is 1.58 bits per heavy atom. The Labute approximate surface area is 248 Å². The first kappa shape index (κ1) is 27.7. The van der Waals surface area contributed by atoms with Crippen LogP contribution in [0.4, 0.5) is 17.3 Å². The van der Waals surface area contributed by atoms with E-state index < -0.39 is 10.7 Å². The molecule has 1 aliphatic rings. The first-order valence-electron chi connectivity index (χ1n) is 14.2. The summed E-state index contributed by atoms with van der Waals surface area (Å²) >= 11 is 0. The smallest absolute Gasteiger partial charge is 0.270 e. The van der Waals surface area contributed by atoms with Gasteiger partial charge in [-0.05, 0) is 38.0 Å². The van der Waals surface area contributed by atoms with Crippen molar-refractivity contribution in [3.8, 4) is 11.3 Å². The first-order chi connectivity index (χ1) is 20.9. The van der Waals surface area contributed by atoms with Crippen molar-refractivity contribution in [2.75, 3.05) is 23.3 Å². The highest BCUT2D eigenvalue weighted by Crippen LogP contribution is 2.31. The lowest BCUT2D eigenvalue weighted by Crippen LogP contribution is -2.39. The van der Waals surface area contributed by atoms with Crippen molar-refractivity contribution in [1.29, 1.82) is 0 Å². The molecule has 214 valence electrons. The Morgan fingerprint density at radius 3 is 2.28 bits per heavy atom. The van der Waals surface area contributed by atoms with Crippen molar-refractivity contribution in [2.45, 2.75) is 19.8 Å². The standard InChI is InChI=1S/C34H29N5O4/c1-22-12-14-29-27(20-22)31(23-8-4-2-5-9-23)37-34(36-29)38-18-16-25(17-19-38)33(41)35-30-15-13-26(39(42)43)21-28(30)32(40)24-10-6-3-7-11-24/h2-15,20-21,25H,16-19H2,1H3,(H,35,41). The molecule has 43 heavy (non-hydrogen) atoms. The van der Waals surface area contributed by atoms with Gasteiger partial charge in [-0.1, -0.05) is 72.3 Å². The highest BCUT2D eigenvalue weighted by molar-refractivity contribution is 6.14. The van der Waals surface area contributed by atoms with Crippen LogP contribution in [0.1, 0.15) is 34.3 Å². The topological polar surface area (TPSA) is 118 Å². The van der Waals surface area contributed by atoms with Gasteiger partial charge in [-0.25, -0.2) is 9.97 Å². The number of ketones is 1. The summed E-state index contributed by atoms with van der Waals surface area (Å²) in [6, 6.07) is 28.7. The zero-order chi connectivity index (χ0) is 29.9. The van der Waals surface area contributed by atoms with Gasteiger partial charge in [-0.3, -0.25) is 19.7 Å². The number of non-ortho nitro benzene ring substituents is 1. The molecule has 0 aliphatic carbocycles. The number of nitro groups is 1. The van der Waals surface area contributed by atoms with Crippen molar-refractivity contribution < 1.29 is 14.5 Å². The molecule has 1 aromatic heterocycles. The number of carbonyl (C=O) groups excluding carboxylic acids is 2. The predicted octanol–water partition coefficient (Wildman–Crippen LogP) is 6.60. The van der Waals surface area contributed by atoms with Crippen molar-refractivity contribution in [3.05, 3.63) is 124 Å². The highest BCUT2D eigenvalue weighted by atomic mass is 16.6. The molecular weight excluding hydrogens is 542 g/mol. The molecule has 1 fully saturated rings. The molecule has 4 aromatic carbocycles. The SMILES string of the molecule is Cc1ccc2nc(N3CCC(C(=O)Nc4ccc([N+](=O)[O-])cc4C(=O)c4ccccc4)CC3)nc(-c3ccccc3)c2c1. The predicted molar refractivity (Wildman–Crippen MR) is 166 cm³/mol. The molecule has 1 saturated heterocycles. The Bertz CT molecular complexity index is 1840. The molecule has 0 radical (unpaired) electrons. The molecule has 0 spiro atoms. The molecule has 9 heteroatoms. The third-order valence-corrected chi connectivity index (χ3v) is 7.79. The van der Waals surface area contributed by atoms with E-state index in [1.807, 2.05) is 42.5 Å². The van der Waals surface area contributed by atoms with E-state index in [1.54, 1.807) is 30.3 Å². The molecule has 2 heterocycles. The maximum absolute atomic E-state index is 13.4. The third kappa shape index (κ3) is 5.83. The number of nitrogens with zero attached hydrogens (tertiary/aromatic N) is 4. The van der Waals surface area contributed by atoms with Crippen molar-refractivity contribution in [3.63, 3.8) is 0 Å². The first-order valence-corrected chi connectivity index (χ1v) is 14.2. The molecule has 1 amide bonds. The van der Waals surface area contributed by atoms with Crippen LogP contribution in [-0.4, -0.2) is 39.7 Å². The maximum Gasteiger partial charge on any atom is 0.270 e. The van der Waals surface area contributed by atoms with Crippen LogP contribution in [0, 0.1) is 23.0 Å². The number of hydrogen-bond donors (Lipinski definition) is 1. The van der Waals surface area contributed by atoms with Crippen LogP contribution < -0.4 is 10.2 Å². The second-order valence-electron chi connectivity index (χ2n) is 10.7. The summed E-state index contributed by atoms with van der Waals surface area (Å²) in [6.07, 6.45) is 1.13. The average Bonchev–Trinajstić information content (AvgIpc) is 3.05. The number of hydrogen-bond acceptors (Lipinski definition) is 7. The quantitative estimate of drug-likeness (QED) is 0.133. The van der Waals surface area contributed by atoms with E-state index in [2.05, 4.69) is 23.2 Å². The van der Waals surface area contributed by atoms with E-state index >= 15 is 0 Å². The normalized spacial score (nSPS) is 13.6. The molecule has 1 N–H and O–H groups in total. The second kappa shape index (κ2) is 11.8. The number of fused-ring (bicyclic) bond motifs is 1. The fraction of sp³-hybridized carbons (Fsp3) is 0.176. The largest absolute Gasteiger partial charge is 0.341 e. The van der Waals surface area contributed by atoms with Gasteiger partial charge in [-0.2, -0.15) is 0 Å². The monoisotopic (exact) mass is 571 g/mol. The van der Waals surface area contributed by atoms with E-state index in [-0.39, 0.29) is 28.8 Å². The Balaban J connectivity index is 1.21. The van der Waals surface area contributed by atoms with Crippen LogP contribution in [0.2, 0.25) is 0 Å². The lowest BCUT2D eigenvalue weighted by Gasteiger charge is -2.31. The van der Waals surface area contributed by atoms with Crippen LogP contribution in [0.5, 0.6) is 0 Å². The number of rotatable bonds is 7. The maximum atomic E-state index is 13.4. The van der Waals surface area contributed by atoms with E-state index in [0.717, 1.165) is 27.7 Å². The zero-order valence-electron chi connectivity index (χ0n) is 23.6. The van der Waals surface area contributed by atoms with E-state index in [0.29, 0.717) is 37.4 Å². The molecule has 9 nitrogen and oxygen atoms in total. The number of piperidine rings is 1. The number of carbonyl (C=O) groups is 2. The van der Waals surface area contributed by atoms with Gasteiger partial charge in [0.25, 0.3) is 5.69 Å². The van der Waals surface area contributed by atoms with Crippen LogP contribution in [0.3, 0.4) is 0 Å². The molecule has 1 aliphatic heterocycles. The number of aromatic nitrogens is 2. The number of benzene rings is 4. The molecule has 0 saturated carbocycles. The Kier molecular flexibility index (Phi) is 7.61. The molecular formula is C34H29N5O4. The van der Waals surface area contributed by atoms with Crippen LogP contribution in [0.15, 0.2) is 97.1 Å². The highest BCUT2D eigenvalue weighted by Gasteiger charge is 2.28. The fourth-order valence-corrected chi connectivity index (χ4v) is 5.45. The van der Waals surface area contributed by atoms with Crippen LogP contribution in [-0.2, 0) is 4.79 Å². The summed E-state index contributed by atoms with van der Waals surface area (Å²) in [5.41, 5.74) is 4.39.